The van der Waals surface area contributed by atoms with Crippen LogP contribution in [-0.2, 0) is 37.2 Å². The Morgan fingerprint density at radius 1 is 1.34 bits per heavy atom. The summed E-state index contributed by atoms with van der Waals surface area (Å²) >= 11 is 3.73. The lowest BCUT2D eigenvalue weighted by molar-refractivity contribution is -0.141. The second kappa shape index (κ2) is 11.9. The average Bonchev–Trinajstić information content (AvgIpc) is 3.04. The molecule has 6 unspecified atom stereocenters. The highest BCUT2D eigenvalue weighted by Crippen LogP contribution is 2.51. The van der Waals surface area contributed by atoms with Crippen molar-refractivity contribution in [3.05, 3.63) is 33.1 Å². The summed E-state index contributed by atoms with van der Waals surface area (Å²) in [6.45, 7) is -1.51. The van der Waals surface area contributed by atoms with Crippen molar-refractivity contribution in [3.8, 4) is 0 Å². The Morgan fingerprint density at radius 3 is 2.40 bits per heavy atom. The van der Waals surface area contributed by atoms with Gasteiger partial charge in [0.25, 0.3) is 5.56 Å². The van der Waals surface area contributed by atoms with E-state index in [4.69, 9.17) is 28.7 Å². The zero-order valence-corrected chi connectivity index (χ0v) is 21.1. The molecule has 0 saturated carbocycles. The van der Waals surface area contributed by atoms with Gasteiger partial charge in [0.05, 0.1) is 6.61 Å². The van der Waals surface area contributed by atoms with Gasteiger partial charge in [0, 0.05) is 19.4 Å². The fourth-order valence-electron chi connectivity index (χ4n) is 3.48. The third-order valence-corrected chi connectivity index (χ3v) is 7.28. The van der Waals surface area contributed by atoms with Gasteiger partial charge >= 0.3 is 32.6 Å². The van der Waals surface area contributed by atoms with E-state index in [1.54, 1.807) is 6.92 Å². The molecule has 0 aromatic carbocycles. The third kappa shape index (κ3) is 7.06. The molecule has 2 rings (SSSR count). The molecule has 0 amide bonds. The first-order valence-electron chi connectivity index (χ1n) is 9.77. The Kier molecular flexibility index (Phi) is 9.93. The van der Waals surface area contributed by atoms with Crippen molar-refractivity contribution in [2.75, 3.05) is 26.8 Å². The summed E-state index contributed by atoms with van der Waals surface area (Å²) in [5.41, 5.74) is -3.29. The molecule has 1 saturated heterocycles. The van der Waals surface area contributed by atoms with Crippen molar-refractivity contribution in [2.24, 2.45) is 0 Å². The van der Waals surface area contributed by atoms with Gasteiger partial charge in [-0.1, -0.05) is 6.92 Å². The number of carboxylic acid groups (broad SMARTS) is 2. The molecule has 1 aliphatic heterocycles. The van der Waals surface area contributed by atoms with Gasteiger partial charge in [-0.15, -0.1) is 4.52 Å². The summed E-state index contributed by atoms with van der Waals surface area (Å²) in [4.78, 5) is 58.3. The Labute approximate surface area is 203 Å². The van der Waals surface area contributed by atoms with E-state index in [9.17, 15) is 33.2 Å². The zero-order valence-electron chi connectivity index (χ0n) is 18.4. The lowest BCUT2D eigenvalue weighted by atomic mass is 9.93. The van der Waals surface area contributed by atoms with Gasteiger partial charge in [-0.25, -0.2) is 9.36 Å². The van der Waals surface area contributed by atoms with Crippen LogP contribution < -0.4 is 11.2 Å². The van der Waals surface area contributed by atoms with Crippen LogP contribution in [0.5, 0.6) is 0 Å². The van der Waals surface area contributed by atoms with Crippen molar-refractivity contribution < 1.29 is 52.3 Å². The Bertz CT molecular complexity index is 1110. The average molecular weight is 560 g/mol. The number of nitrogens with zero attached hydrogens (tertiary/aromatic N) is 2. The van der Waals surface area contributed by atoms with Crippen molar-refractivity contribution in [3.63, 3.8) is 0 Å². The van der Waals surface area contributed by atoms with Crippen molar-refractivity contribution in [1.29, 1.82) is 0 Å². The van der Waals surface area contributed by atoms with Crippen LogP contribution in [0.15, 0.2) is 21.9 Å². The van der Waals surface area contributed by atoms with Crippen molar-refractivity contribution in [1.82, 2.24) is 14.2 Å². The molecule has 35 heavy (non-hydrogen) atoms. The molecule has 0 bridgehead atoms. The monoisotopic (exact) mass is 560 g/mol. The van der Waals surface area contributed by atoms with E-state index in [1.165, 1.54) is 7.11 Å². The van der Waals surface area contributed by atoms with Crippen LogP contribution in [-0.4, -0.2) is 85.9 Å². The van der Waals surface area contributed by atoms with Crippen LogP contribution >= 0.6 is 27.2 Å². The number of ether oxygens (including phenoxy) is 2. The smallest absolute Gasteiger partial charge is 0.480 e. The van der Waals surface area contributed by atoms with E-state index in [0.717, 1.165) is 16.8 Å². The fourth-order valence-corrected chi connectivity index (χ4v) is 5.44. The number of rotatable bonds is 13. The second-order valence-electron chi connectivity index (χ2n) is 7.28. The molecular weight excluding hydrogens is 536 g/mol. The van der Waals surface area contributed by atoms with E-state index in [1.807, 2.05) is 4.98 Å². The second-order valence-corrected chi connectivity index (χ2v) is 10.8. The number of nitrogens with one attached hydrogen (secondary N) is 1. The molecule has 0 radical (unpaired) electrons. The molecule has 0 aliphatic carbocycles. The van der Waals surface area contributed by atoms with Gasteiger partial charge in [-0.2, -0.15) is 4.67 Å². The molecule has 2 heterocycles. The molecular formula is C16H24N3O13P2S+. The van der Waals surface area contributed by atoms with Crippen LogP contribution in [0, 0.1) is 0 Å². The molecule has 16 nitrogen and oxygen atoms in total. The highest BCUT2D eigenvalue weighted by atomic mass is 32.7. The number of methoxy groups -OCH3 is 1. The fraction of sp³-hybridized carbons (Fsp3) is 0.625. The van der Waals surface area contributed by atoms with Gasteiger partial charge in [-0.05, 0) is 11.0 Å². The number of carbonyl (C=O) groups is 2. The van der Waals surface area contributed by atoms with E-state index < -0.39 is 81.9 Å². The highest BCUT2D eigenvalue weighted by molar-refractivity contribution is 8.39. The summed E-state index contributed by atoms with van der Waals surface area (Å²) in [6.07, 6.45) is -2.70. The van der Waals surface area contributed by atoms with E-state index in [2.05, 4.69) is 12.2 Å². The number of H-pyrrole nitrogens is 1. The first-order valence-corrected chi connectivity index (χ1v) is 13.6. The van der Waals surface area contributed by atoms with Crippen LogP contribution in [0.1, 0.15) is 19.6 Å². The van der Waals surface area contributed by atoms with Crippen LogP contribution in [0.4, 0.5) is 0 Å². The molecule has 4 N–H and O–H groups in total. The number of aliphatic carboxylic acids is 2. The first kappa shape index (κ1) is 29.3. The molecule has 196 valence electrons. The molecule has 19 heteroatoms. The van der Waals surface area contributed by atoms with Gasteiger partial charge in [0.1, 0.15) is 37.0 Å². The zero-order chi connectivity index (χ0) is 26.6. The molecule has 1 fully saturated rings. The number of aromatic nitrogens is 2. The number of aromatic amines is 1. The van der Waals surface area contributed by atoms with Gasteiger partial charge in [0.15, 0.2) is 12.3 Å². The maximum Gasteiger partial charge on any atom is 0.582 e. The predicted molar refractivity (Wildman–Crippen MR) is 119 cm³/mol. The van der Waals surface area contributed by atoms with Crippen molar-refractivity contribution >= 4 is 39.2 Å². The van der Waals surface area contributed by atoms with Crippen LogP contribution in [0.2, 0.25) is 0 Å². The molecule has 0 spiro atoms. The van der Waals surface area contributed by atoms with Gasteiger partial charge in [0.2, 0.25) is 0 Å². The molecule has 1 aromatic heterocycles. The Hall–Kier alpha value is -1.94. The minimum Gasteiger partial charge on any atom is -0.480 e. The van der Waals surface area contributed by atoms with Crippen LogP contribution in [0.25, 0.3) is 0 Å². The van der Waals surface area contributed by atoms with Crippen molar-refractivity contribution in [2.45, 2.75) is 37.4 Å². The molecule has 6 atom stereocenters. The molecule has 1 aromatic rings. The minimum atomic E-state index is -5.03. The minimum absolute atomic E-state index is 0.0407. The maximum atomic E-state index is 12.8. The lowest BCUT2D eigenvalue weighted by Gasteiger charge is -2.32. The standard InChI is InChI=1S/C16H23N3O13P2S/c1-3-16(8-30-34(27,28)18(6-10(21)22)7-11(23)24)13(32-33(26)35)12(29-2)14(31-16)19-5-4-9(20)17-15(19)25/h4-5,12-14H,3,6-8H2,1-2H3,(H4-,17,20,21,22,23,24,25,26,27,28,35)/p+1. The van der Waals surface area contributed by atoms with Gasteiger partial charge in [-0.3, -0.25) is 28.5 Å². The topological polar surface area (TPSA) is 224 Å². The van der Waals surface area contributed by atoms with E-state index in [0.29, 0.717) is 0 Å². The summed E-state index contributed by atoms with van der Waals surface area (Å²) < 4.78 is 47.6. The largest absolute Gasteiger partial charge is 0.582 e. The third-order valence-electron chi connectivity index (χ3n) is 5.12. The number of thiol groups is 1. The highest BCUT2D eigenvalue weighted by Gasteiger charge is 2.60. The Morgan fingerprint density at radius 2 is 1.94 bits per heavy atom. The number of carboxylic acids is 2. The lowest BCUT2D eigenvalue weighted by Crippen LogP contribution is -2.48. The summed E-state index contributed by atoms with van der Waals surface area (Å²) in [6, 6.07) is 1.03. The van der Waals surface area contributed by atoms with E-state index in [-0.39, 0.29) is 11.1 Å². The maximum absolute atomic E-state index is 12.8. The predicted octanol–water partition coefficient (Wildman–Crippen LogP) is -0.210. The van der Waals surface area contributed by atoms with Crippen LogP contribution in [0.3, 0.4) is 0 Å². The van der Waals surface area contributed by atoms with E-state index >= 15 is 0 Å². The van der Waals surface area contributed by atoms with Gasteiger partial charge < -0.3 is 24.6 Å². The summed E-state index contributed by atoms with van der Waals surface area (Å²) in [7, 11) is -6.40. The number of hydrogen-bond donors (Lipinski definition) is 5. The Balaban J connectivity index is 2.46. The summed E-state index contributed by atoms with van der Waals surface area (Å²) in [5, 5.41) is 17.9. The SMILES string of the molecule is CCC1(COP(=O)(O)N(CC(=O)O)CC(=O)O)OC(n2ccc(=O)[nH]c2=O)C(OC)C1O[P+](=O)S. The normalized spacial score (nSPS) is 26.4. The first-order chi connectivity index (χ1) is 16.3. The molecule has 1 aliphatic rings. The summed E-state index contributed by atoms with van der Waals surface area (Å²) in [5.74, 6) is -3.17. The number of hydrogen-bond acceptors (Lipinski definition) is 10. The quantitative estimate of drug-likeness (QED) is 0.156.